The average Bonchev–Trinajstić information content (AvgIpc) is 2.74. The lowest BCUT2D eigenvalue weighted by atomic mass is 9.97. The molecule has 3 aliphatic heterocycles. The largest absolute Gasteiger partial charge is 0.382 e. The van der Waals surface area contributed by atoms with Crippen LogP contribution in [0.5, 0.6) is 0 Å². The Morgan fingerprint density at radius 1 is 1.13 bits per heavy atom. The molecule has 1 saturated heterocycles. The van der Waals surface area contributed by atoms with Gasteiger partial charge in [-0.15, -0.1) is 11.8 Å². The summed E-state index contributed by atoms with van der Waals surface area (Å²) in [6.07, 6.45) is 4.46. The molecule has 0 bridgehead atoms. The molecule has 0 radical (unpaired) electrons. The molecule has 1 fully saturated rings. The van der Waals surface area contributed by atoms with Crippen LogP contribution in [0.3, 0.4) is 0 Å². The maximum absolute atomic E-state index is 12.4. The van der Waals surface area contributed by atoms with Crippen LogP contribution in [0.15, 0.2) is 34.7 Å². The molecule has 0 N–H and O–H groups in total. The first-order chi connectivity index (χ1) is 11.1. The standard InChI is InChI=1S/C17H21NO3S2/c19-23(20)12-15(18-9-4-1-5-10-18)13-8-11-22-16-7-3-2-6-14(16)17(13)21-23/h2-3,6-7,15H,1,4-5,8-12H2. The van der Waals surface area contributed by atoms with Crippen LogP contribution >= 0.6 is 11.8 Å². The first-order valence-electron chi connectivity index (χ1n) is 8.25. The fourth-order valence-corrected chi connectivity index (χ4v) is 6.12. The van der Waals surface area contributed by atoms with E-state index in [1.807, 2.05) is 18.2 Å². The number of benzene rings is 1. The maximum atomic E-state index is 12.4. The van der Waals surface area contributed by atoms with E-state index >= 15 is 0 Å². The van der Waals surface area contributed by atoms with Crippen molar-refractivity contribution in [2.75, 3.05) is 24.6 Å². The van der Waals surface area contributed by atoms with Gasteiger partial charge in [-0.2, -0.15) is 8.42 Å². The fraction of sp³-hybridized carbons (Fsp3) is 0.529. The number of fused-ring (bicyclic) bond motifs is 2. The SMILES string of the molecule is O=S1(=O)CC(N2CCCCC2)C2=C(O1)c1ccccc1SCC2. The smallest absolute Gasteiger partial charge is 0.311 e. The molecule has 3 heterocycles. The third-order valence-corrected chi connectivity index (χ3v) is 7.08. The Hall–Kier alpha value is -0.980. The minimum atomic E-state index is -3.52. The minimum Gasteiger partial charge on any atom is -0.382 e. The second-order valence-corrected chi connectivity index (χ2v) is 9.12. The lowest BCUT2D eigenvalue weighted by molar-refractivity contribution is 0.187. The highest BCUT2D eigenvalue weighted by atomic mass is 32.2. The summed E-state index contributed by atoms with van der Waals surface area (Å²) in [4.78, 5) is 3.48. The van der Waals surface area contributed by atoms with Gasteiger partial charge in [0, 0.05) is 16.2 Å². The highest BCUT2D eigenvalue weighted by Gasteiger charge is 2.39. The molecule has 0 aliphatic carbocycles. The molecule has 4 rings (SSSR count). The van der Waals surface area contributed by atoms with E-state index in [9.17, 15) is 8.42 Å². The van der Waals surface area contributed by atoms with Crippen LogP contribution in [-0.4, -0.2) is 44.0 Å². The van der Waals surface area contributed by atoms with E-state index in [0.29, 0.717) is 5.76 Å². The van der Waals surface area contributed by atoms with Gasteiger partial charge in [0.25, 0.3) is 0 Å². The molecule has 3 aliphatic rings. The Bertz CT molecular complexity index is 736. The summed E-state index contributed by atoms with van der Waals surface area (Å²) in [7, 11) is -3.52. The van der Waals surface area contributed by atoms with E-state index in [-0.39, 0.29) is 11.8 Å². The molecule has 1 unspecified atom stereocenters. The van der Waals surface area contributed by atoms with Gasteiger partial charge >= 0.3 is 10.1 Å². The van der Waals surface area contributed by atoms with Crippen LogP contribution in [-0.2, 0) is 14.3 Å². The first kappa shape index (κ1) is 15.5. The van der Waals surface area contributed by atoms with Crippen molar-refractivity contribution in [1.82, 2.24) is 4.90 Å². The topological polar surface area (TPSA) is 46.6 Å². The third kappa shape index (κ3) is 3.04. The van der Waals surface area contributed by atoms with E-state index in [1.165, 1.54) is 12.0 Å². The zero-order chi connectivity index (χ0) is 15.9. The quantitative estimate of drug-likeness (QED) is 0.728. The van der Waals surface area contributed by atoms with Crippen molar-refractivity contribution in [1.29, 1.82) is 0 Å². The number of nitrogens with zero attached hydrogens (tertiary/aromatic N) is 1. The zero-order valence-electron chi connectivity index (χ0n) is 13.0. The predicted molar refractivity (Wildman–Crippen MR) is 92.8 cm³/mol. The van der Waals surface area contributed by atoms with Gasteiger partial charge in [0.05, 0.1) is 6.04 Å². The summed E-state index contributed by atoms with van der Waals surface area (Å²) in [5.74, 6) is 1.68. The molecule has 0 amide bonds. The summed E-state index contributed by atoms with van der Waals surface area (Å²) in [6.45, 7) is 1.98. The van der Waals surface area contributed by atoms with Gasteiger partial charge in [0.15, 0.2) is 5.76 Å². The Morgan fingerprint density at radius 3 is 2.74 bits per heavy atom. The number of likely N-dealkylation sites (tertiary alicyclic amines) is 1. The van der Waals surface area contributed by atoms with Crippen molar-refractivity contribution >= 4 is 27.6 Å². The van der Waals surface area contributed by atoms with Gasteiger partial charge in [-0.3, -0.25) is 4.90 Å². The van der Waals surface area contributed by atoms with E-state index in [4.69, 9.17) is 4.18 Å². The molecule has 0 saturated carbocycles. The number of rotatable bonds is 1. The van der Waals surface area contributed by atoms with Crippen molar-refractivity contribution < 1.29 is 12.6 Å². The van der Waals surface area contributed by atoms with Crippen LogP contribution in [0.4, 0.5) is 0 Å². The van der Waals surface area contributed by atoms with Gasteiger partial charge in [-0.1, -0.05) is 24.6 Å². The number of hydrogen-bond donors (Lipinski definition) is 0. The van der Waals surface area contributed by atoms with Crippen molar-refractivity contribution in [3.63, 3.8) is 0 Å². The van der Waals surface area contributed by atoms with Crippen LogP contribution < -0.4 is 0 Å². The van der Waals surface area contributed by atoms with E-state index in [0.717, 1.165) is 48.6 Å². The molecule has 124 valence electrons. The number of thioether (sulfide) groups is 1. The van der Waals surface area contributed by atoms with Crippen LogP contribution in [0.2, 0.25) is 0 Å². The minimum absolute atomic E-state index is 0.0178. The maximum Gasteiger partial charge on any atom is 0.311 e. The van der Waals surface area contributed by atoms with Gasteiger partial charge in [-0.05, 0) is 44.0 Å². The Morgan fingerprint density at radius 2 is 1.91 bits per heavy atom. The molecule has 4 nitrogen and oxygen atoms in total. The lowest BCUT2D eigenvalue weighted by Gasteiger charge is -2.38. The monoisotopic (exact) mass is 351 g/mol. The van der Waals surface area contributed by atoms with Crippen molar-refractivity contribution in [2.45, 2.75) is 36.6 Å². The van der Waals surface area contributed by atoms with E-state index in [1.54, 1.807) is 11.8 Å². The van der Waals surface area contributed by atoms with Crippen LogP contribution in [0.25, 0.3) is 5.76 Å². The molecule has 23 heavy (non-hydrogen) atoms. The summed E-state index contributed by atoms with van der Waals surface area (Å²) in [5.41, 5.74) is 2.12. The van der Waals surface area contributed by atoms with Gasteiger partial charge in [0.1, 0.15) is 5.75 Å². The van der Waals surface area contributed by atoms with Crippen molar-refractivity contribution in [2.24, 2.45) is 0 Å². The van der Waals surface area contributed by atoms with Gasteiger partial charge in [-0.25, -0.2) is 0 Å². The summed E-state index contributed by atoms with van der Waals surface area (Å²) in [6, 6.07) is 7.97. The highest BCUT2D eigenvalue weighted by molar-refractivity contribution is 7.99. The normalized spacial score (nSPS) is 27.6. The molecule has 6 heteroatoms. The first-order valence-corrected chi connectivity index (χ1v) is 10.8. The second kappa shape index (κ2) is 6.15. The number of piperidine rings is 1. The molecule has 0 spiro atoms. The van der Waals surface area contributed by atoms with Gasteiger partial charge < -0.3 is 4.18 Å². The Labute approximate surface area is 142 Å². The summed E-state index contributed by atoms with van der Waals surface area (Å²) in [5, 5.41) is 0. The van der Waals surface area contributed by atoms with Crippen molar-refractivity contribution in [3.05, 3.63) is 35.4 Å². The average molecular weight is 351 g/mol. The highest BCUT2D eigenvalue weighted by Crippen LogP contribution is 2.42. The molecular weight excluding hydrogens is 330 g/mol. The third-order valence-electron chi connectivity index (χ3n) is 4.86. The zero-order valence-corrected chi connectivity index (χ0v) is 14.7. The second-order valence-electron chi connectivity index (χ2n) is 6.37. The molecular formula is C17H21NO3S2. The fourth-order valence-electron chi connectivity index (χ4n) is 3.76. The molecule has 0 aromatic heterocycles. The predicted octanol–water partition coefficient (Wildman–Crippen LogP) is 3.11. The van der Waals surface area contributed by atoms with Crippen LogP contribution in [0.1, 0.15) is 31.2 Å². The number of hydrogen-bond acceptors (Lipinski definition) is 5. The van der Waals surface area contributed by atoms with E-state index in [2.05, 4.69) is 11.0 Å². The van der Waals surface area contributed by atoms with E-state index < -0.39 is 10.1 Å². The summed E-state index contributed by atoms with van der Waals surface area (Å²) < 4.78 is 30.3. The molecule has 1 aromatic rings. The summed E-state index contributed by atoms with van der Waals surface area (Å²) >= 11 is 1.79. The lowest BCUT2D eigenvalue weighted by Crippen LogP contribution is -2.46. The van der Waals surface area contributed by atoms with Crippen molar-refractivity contribution in [3.8, 4) is 0 Å². The Balaban J connectivity index is 1.82. The van der Waals surface area contributed by atoms with Crippen LogP contribution in [0, 0.1) is 0 Å². The van der Waals surface area contributed by atoms with Gasteiger partial charge in [0.2, 0.25) is 0 Å². The molecule has 1 aromatic carbocycles. The Kier molecular flexibility index (Phi) is 4.15. The molecule has 1 atom stereocenters.